The van der Waals surface area contributed by atoms with Crippen LogP contribution in [0.4, 0.5) is 5.69 Å². The fourth-order valence-corrected chi connectivity index (χ4v) is 2.51. The van der Waals surface area contributed by atoms with Crippen molar-refractivity contribution >= 4 is 16.6 Å². The first-order valence-electron chi connectivity index (χ1n) is 6.00. The Morgan fingerprint density at radius 2 is 2.22 bits per heavy atom. The van der Waals surface area contributed by atoms with Gasteiger partial charge in [-0.25, -0.2) is 0 Å². The maximum absolute atomic E-state index is 9.76. The molecule has 0 bridgehead atoms. The zero-order valence-corrected chi connectivity index (χ0v) is 9.86. The molecule has 0 saturated carbocycles. The molecule has 0 unspecified atom stereocenters. The van der Waals surface area contributed by atoms with Gasteiger partial charge in [0.2, 0.25) is 0 Å². The van der Waals surface area contributed by atoms with Crippen molar-refractivity contribution in [3.63, 3.8) is 0 Å². The van der Waals surface area contributed by atoms with Crippen molar-refractivity contribution in [2.24, 2.45) is 0 Å². The third-order valence-electron chi connectivity index (χ3n) is 3.49. The number of aliphatic hydroxyl groups is 2. The second kappa shape index (κ2) is 4.28. The summed E-state index contributed by atoms with van der Waals surface area (Å²) in [6.07, 6.45) is 0.991. The second-order valence-corrected chi connectivity index (χ2v) is 4.62. The molecule has 1 saturated heterocycles. The van der Waals surface area contributed by atoms with E-state index in [1.165, 1.54) is 0 Å². The van der Waals surface area contributed by atoms with E-state index in [2.05, 4.69) is 0 Å². The number of rotatable bonds is 2. The van der Waals surface area contributed by atoms with E-state index in [-0.39, 0.29) is 12.8 Å². The van der Waals surface area contributed by atoms with Crippen LogP contribution >= 0.6 is 0 Å². The van der Waals surface area contributed by atoms with Crippen molar-refractivity contribution in [2.45, 2.75) is 24.9 Å². The minimum atomic E-state index is -0.626. The van der Waals surface area contributed by atoms with Gasteiger partial charge in [-0.05, 0) is 18.2 Å². The van der Waals surface area contributed by atoms with Gasteiger partial charge < -0.3 is 25.3 Å². The number of nitrogen functional groups attached to an aromatic ring is 1. The van der Waals surface area contributed by atoms with E-state index < -0.39 is 12.2 Å². The van der Waals surface area contributed by atoms with Crippen LogP contribution in [0.15, 0.2) is 30.5 Å². The van der Waals surface area contributed by atoms with Gasteiger partial charge in [-0.2, -0.15) is 0 Å². The van der Waals surface area contributed by atoms with Gasteiger partial charge in [0.05, 0.1) is 18.2 Å². The fourth-order valence-electron chi connectivity index (χ4n) is 2.51. The van der Waals surface area contributed by atoms with Gasteiger partial charge in [-0.3, -0.25) is 0 Å². The van der Waals surface area contributed by atoms with Gasteiger partial charge in [0.25, 0.3) is 0 Å². The lowest BCUT2D eigenvalue weighted by Crippen LogP contribution is -2.24. The quantitative estimate of drug-likeness (QED) is 0.689. The van der Waals surface area contributed by atoms with Crippen molar-refractivity contribution in [3.8, 4) is 0 Å². The molecule has 3 atom stereocenters. The van der Waals surface area contributed by atoms with Crippen LogP contribution < -0.4 is 5.73 Å². The van der Waals surface area contributed by atoms with E-state index in [9.17, 15) is 5.11 Å². The number of fused-ring (bicyclic) bond motifs is 1. The summed E-state index contributed by atoms with van der Waals surface area (Å²) in [5, 5.41) is 19.8. The van der Waals surface area contributed by atoms with E-state index in [0.29, 0.717) is 6.42 Å². The van der Waals surface area contributed by atoms with Gasteiger partial charge in [0.15, 0.2) is 0 Å². The second-order valence-electron chi connectivity index (χ2n) is 4.62. The maximum Gasteiger partial charge on any atom is 0.137 e. The molecule has 0 aliphatic carbocycles. The molecule has 1 aliphatic rings. The van der Waals surface area contributed by atoms with Crippen LogP contribution in [0.25, 0.3) is 10.9 Å². The molecule has 1 aliphatic heterocycles. The summed E-state index contributed by atoms with van der Waals surface area (Å²) in [5.74, 6) is 0. The number of hydrogen-bond acceptors (Lipinski definition) is 4. The van der Waals surface area contributed by atoms with Gasteiger partial charge in [-0.15, -0.1) is 0 Å². The number of nitrogens with two attached hydrogens (primary N) is 1. The van der Waals surface area contributed by atoms with Gasteiger partial charge in [0.1, 0.15) is 12.3 Å². The highest BCUT2D eigenvalue weighted by molar-refractivity contribution is 5.91. The average Bonchev–Trinajstić information content (AvgIpc) is 2.93. The molecule has 3 rings (SSSR count). The van der Waals surface area contributed by atoms with Crippen molar-refractivity contribution < 1.29 is 14.9 Å². The molecular formula is C13H16N2O3. The highest BCUT2D eigenvalue weighted by atomic mass is 16.5. The SMILES string of the molecule is Nc1cccc2c1ccn2[C@H]1C[C@H](O)[C@@H](CO)O1. The van der Waals surface area contributed by atoms with Crippen LogP contribution in [-0.2, 0) is 4.74 Å². The summed E-state index contributed by atoms with van der Waals surface area (Å²) in [4.78, 5) is 0. The van der Waals surface area contributed by atoms with Crippen LogP contribution in [0.1, 0.15) is 12.6 Å². The predicted molar refractivity (Wildman–Crippen MR) is 68.0 cm³/mol. The molecule has 5 nitrogen and oxygen atoms in total. The Kier molecular flexibility index (Phi) is 2.74. The van der Waals surface area contributed by atoms with Crippen LogP contribution in [0.3, 0.4) is 0 Å². The number of nitrogens with zero attached hydrogens (tertiary/aromatic N) is 1. The molecule has 0 radical (unpaired) electrons. The molecule has 0 spiro atoms. The molecule has 5 heteroatoms. The lowest BCUT2D eigenvalue weighted by molar-refractivity contribution is -0.0428. The summed E-state index contributed by atoms with van der Waals surface area (Å²) in [5.41, 5.74) is 7.61. The normalized spacial score (nSPS) is 28.0. The Balaban J connectivity index is 1.99. The summed E-state index contributed by atoms with van der Waals surface area (Å²) >= 11 is 0. The Hall–Kier alpha value is -1.56. The van der Waals surface area contributed by atoms with Gasteiger partial charge in [-0.1, -0.05) is 6.07 Å². The largest absolute Gasteiger partial charge is 0.398 e. The topological polar surface area (TPSA) is 80.6 Å². The predicted octanol–water partition coefficient (Wildman–Crippen LogP) is 0.864. The lowest BCUT2D eigenvalue weighted by Gasteiger charge is -2.15. The van der Waals surface area contributed by atoms with Gasteiger partial charge in [0, 0.05) is 23.7 Å². The minimum Gasteiger partial charge on any atom is -0.398 e. The maximum atomic E-state index is 9.76. The van der Waals surface area contributed by atoms with E-state index in [1.54, 1.807) is 0 Å². The van der Waals surface area contributed by atoms with Crippen molar-refractivity contribution in [3.05, 3.63) is 30.5 Å². The van der Waals surface area contributed by atoms with Crippen LogP contribution in [0.5, 0.6) is 0 Å². The molecule has 1 fully saturated rings. The summed E-state index contributed by atoms with van der Waals surface area (Å²) < 4.78 is 7.59. The first-order valence-corrected chi connectivity index (χ1v) is 6.00. The Bertz CT molecular complexity index is 566. The molecular weight excluding hydrogens is 232 g/mol. The lowest BCUT2D eigenvalue weighted by atomic mass is 10.2. The Morgan fingerprint density at radius 1 is 1.39 bits per heavy atom. The fraction of sp³-hybridized carbons (Fsp3) is 0.385. The molecule has 4 N–H and O–H groups in total. The zero-order valence-electron chi connectivity index (χ0n) is 9.86. The number of benzene rings is 1. The average molecular weight is 248 g/mol. The van der Waals surface area contributed by atoms with E-state index in [0.717, 1.165) is 16.6 Å². The molecule has 1 aromatic heterocycles. The van der Waals surface area contributed by atoms with E-state index in [1.807, 2.05) is 35.0 Å². The summed E-state index contributed by atoms with van der Waals surface area (Å²) in [7, 11) is 0. The van der Waals surface area contributed by atoms with Gasteiger partial charge >= 0.3 is 0 Å². The highest BCUT2D eigenvalue weighted by Crippen LogP contribution is 2.33. The Morgan fingerprint density at radius 3 is 2.94 bits per heavy atom. The number of aromatic nitrogens is 1. The van der Waals surface area contributed by atoms with Crippen LogP contribution in [-0.4, -0.2) is 33.6 Å². The van der Waals surface area contributed by atoms with Crippen molar-refractivity contribution in [2.75, 3.05) is 12.3 Å². The molecule has 2 heterocycles. The van der Waals surface area contributed by atoms with Crippen LogP contribution in [0.2, 0.25) is 0 Å². The summed E-state index contributed by atoms with van der Waals surface area (Å²) in [6.45, 7) is -0.168. The third-order valence-corrected chi connectivity index (χ3v) is 3.49. The standard InChI is InChI=1S/C13H16N2O3/c14-9-2-1-3-10-8(9)4-5-15(10)13-6-11(17)12(7-16)18-13/h1-5,11-13,16-17H,6-7,14H2/t11-,12+,13+/m0/s1. The first kappa shape index (κ1) is 11.5. The van der Waals surface area contributed by atoms with E-state index in [4.69, 9.17) is 15.6 Å². The number of ether oxygens (including phenoxy) is 1. The Labute approximate surface area is 104 Å². The molecule has 0 amide bonds. The smallest absolute Gasteiger partial charge is 0.137 e. The number of hydrogen-bond donors (Lipinski definition) is 3. The molecule has 18 heavy (non-hydrogen) atoms. The van der Waals surface area contributed by atoms with Crippen molar-refractivity contribution in [1.29, 1.82) is 0 Å². The van der Waals surface area contributed by atoms with Crippen molar-refractivity contribution in [1.82, 2.24) is 4.57 Å². The van der Waals surface area contributed by atoms with Crippen LogP contribution in [0, 0.1) is 0 Å². The third kappa shape index (κ3) is 1.68. The molecule has 1 aromatic carbocycles. The highest BCUT2D eigenvalue weighted by Gasteiger charge is 2.34. The van der Waals surface area contributed by atoms with E-state index >= 15 is 0 Å². The first-order chi connectivity index (χ1) is 8.70. The zero-order chi connectivity index (χ0) is 12.7. The number of aliphatic hydroxyl groups excluding tert-OH is 2. The summed E-state index contributed by atoms with van der Waals surface area (Å²) in [6, 6.07) is 7.65. The number of anilines is 1. The molecule has 2 aromatic rings. The minimum absolute atomic E-state index is 0.168. The monoisotopic (exact) mass is 248 g/mol. The molecule has 96 valence electrons.